The first kappa shape index (κ1) is 13.1. The molecule has 0 spiro atoms. The van der Waals surface area contributed by atoms with Crippen LogP contribution < -0.4 is 4.90 Å². The molecule has 1 aromatic heterocycles. The monoisotopic (exact) mass is 263 g/mol. The van der Waals surface area contributed by atoms with Crippen molar-refractivity contribution >= 4 is 28.5 Å². The van der Waals surface area contributed by atoms with Crippen molar-refractivity contribution < 1.29 is 0 Å². The molecule has 0 saturated heterocycles. The summed E-state index contributed by atoms with van der Waals surface area (Å²) in [6, 6.07) is 8.04. The summed E-state index contributed by atoms with van der Waals surface area (Å²) in [4.78, 5) is 11.1. The van der Waals surface area contributed by atoms with E-state index in [-0.39, 0.29) is 0 Å². The number of nitrogens with zero attached hydrogens (tertiary/aromatic N) is 3. The minimum Gasteiger partial charge on any atom is -0.344 e. The Morgan fingerprint density at radius 2 is 2.00 bits per heavy atom. The predicted molar refractivity (Wildman–Crippen MR) is 77.4 cm³/mol. The number of para-hydroxylation sites is 1. The lowest BCUT2D eigenvalue weighted by Crippen LogP contribution is -2.20. The van der Waals surface area contributed by atoms with Crippen molar-refractivity contribution in [1.29, 1.82) is 0 Å². The Morgan fingerprint density at radius 3 is 2.83 bits per heavy atom. The molecule has 0 bridgehead atoms. The Hall–Kier alpha value is -1.35. The van der Waals surface area contributed by atoms with Crippen LogP contribution in [0.5, 0.6) is 0 Å². The van der Waals surface area contributed by atoms with Gasteiger partial charge in [-0.15, -0.1) is 11.6 Å². The van der Waals surface area contributed by atoms with Crippen LogP contribution in [-0.2, 0) is 0 Å². The molecular formula is C14H18ClN3. The summed E-state index contributed by atoms with van der Waals surface area (Å²) in [6.45, 7) is 0.967. The van der Waals surface area contributed by atoms with Crippen LogP contribution in [0.2, 0.25) is 0 Å². The van der Waals surface area contributed by atoms with Gasteiger partial charge in [-0.3, -0.25) is 0 Å². The molecule has 1 heterocycles. The van der Waals surface area contributed by atoms with Gasteiger partial charge in [-0.05, 0) is 18.9 Å². The second kappa shape index (κ2) is 6.55. The number of anilines is 1. The standard InChI is InChI=1S/C14H18ClN3/c1-18(10-6-2-5-9-15)14-16-11-12-7-3-4-8-13(12)17-14/h3-4,7-8,11H,2,5-6,9-10H2,1H3. The van der Waals surface area contributed by atoms with Gasteiger partial charge in [0.05, 0.1) is 5.52 Å². The third-order valence-corrected chi connectivity index (χ3v) is 3.21. The molecule has 0 aliphatic rings. The molecule has 2 rings (SSSR count). The molecule has 3 nitrogen and oxygen atoms in total. The average Bonchev–Trinajstić information content (AvgIpc) is 2.43. The summed E-state index contributed by atoms with van der Waals surface area (Å²) >= 11 is 5.66. The fourth-order valence-corrected chi connectivity index (χ4v) is 2.06. The minimum atomic E-state index is 0.746. The first-order chi connectivity index (χ1) is 8.81. The summed E-state index contributed by atoms with van der Waals surface area (Å²) in [5.74, 6) is 1.54. The molecule has 0 aliphatic heterocycles. The van der Waals surface area contributed by atoms with Crippen molar-refractivity contribution in [3.8, 4) is 0 Å². The zero-order valence-electron chi connectivity index (χ0n) is 10.6. The Balaban J connectivity index is 2.01. The van der Waals surface area contributed by atoms with Gasteiger partial charge in [0.25, 0.3) is 0 Å². The fourth-order valence-electron chi connectivity index (χ4n) is 1.87. The highest BCUT2D eigenvalue weighted by Crippen LogP contribution is 2.14. The van der Waals surface area contributed by atoms with Crippen molar-refractivity contribution in [2.45, 2.75) is 19.3 Å². The lowest BCUT2D eigenvalue weighted by atomic mass is 10.2. The Morgan fingerprint density at radius 1 is 1.17 bits per heavy atom. The molecule has 18 heavy (non-hydrogen) atoms. The number of fused-ring (bicyclic) bond motifs is 1. The first-order valence-electron chi connectivity index (χ1n) is 6.30. The van der Waals surface area contributed by atoms with Crippen LogP contribution in [0.15, 0.2) is 30.5 Å². The molecule has 0 atom stereocenters. The Kier molecular flexibility index (Phi) is 4.76. The molecule has 1 aromatic carbocycles. The van der Waals surface area contributed by atoms with Gasteiger partial charge in [0.15, 0.2) is 0 Å². The van der Waals surface area contributed by atoms with Gasteiger partial charge in [0.1, 0.15) is 0 Å². The van der Waals surface area contributed by atoms with Crippen LogP contribution in [0.1, 0.15) is 19.3 Å². The van der Waals surface area contributed by atoms with Crippen molar-refractivity contribution in [2.24, 2.45) is 0 Å². The Bertz CT molecular complexity index is 501. The van der Waals surface area contributed by atoms with Crippen molar-refractivity contribution in [1.82, 2.24) is 9.97 Å². The maximum atomic E-state index is 5.66. The van der Waals surface area contributed by atoms with Crippen molar-refractivity contribution in [3.05, 3.63) is 30.5 Å². The number of alkyl halides is 1. The maximum Gasteiger partial charge on any atom is 0.225 e. The SMILES string of the molecule is CN(CCCCCCl)c1ncc2ccccc2n1. The summed E-state index contributed by atoms with van der Waals surface area (Å²) < 4.78 is 0. The number of unbranched alkanes of at least 4 members (excludes halogenated alkanes) is 2. The quantitative estimate of drug-likeness (QED) is 0.590. The molecule has 96 valence electrons. The topological polar surface area (TPSA) is 29.0 Å². The van der Waals surface area contributed by atoms with E-state index >= 15 is 0 Å². The number of rotatable bonds is 6. The predicted octanol–water partition coefficient (Wildman–Crippen LogP) is 3.48. The summed E-state index contributed by atoms with van der Waals surface area (Å²) in [5, 5.41) is 1.08. The normalized spacial score (nSPS) is 10.8. The molecule has 0 aliphatic carbocycles. The maximum absolute atomic E-state index is 5.66. The summed E-state index contributed by atoms with van der Waals surface area (Å²) in [7, 11) is 2.03. The smallest absolute Gasteiger partial charge is 0.225 e. The second-order valence-electron chi connectivity index (χ2n) is 4.40. The van der Waals surface area contributed by atoms with Gasteiger partial charge in [0.2, 0.25) is 5.95 Å². The molecular weight excluding hydrogens is 246 g/mol. The van der Waals surface area contributed by atoms with Crippen molar-refractivity contribution in [3.63, 3.8) is 0 Å². The molecule has 0 saturated carbocycles. The number of benzene rings is 1. The minimum absolute atomic E-state index is 0.746. The number of halogens is 1. The molecule has 0 radical (unpaired) electrons. The van der Waals surface area contributed by atoms with Crippen LogP contribution in [0, 0.1) is 0 Å². The molecule has 0 fully saturated rings. The van der Waals surface area contributed by atoms with Gasteiger partial charge < -0.3 is 4.90 Å². The van der Waals surface area contributed by atoms with E-state index in [1.54, 1.807) is 0 Å². The van der Waals surface area contributed by atoms with E-state index < -0.39 is 0 Å². The second-order valence-corrected chi connectivity index (χ2v) is 4.78. The van der Waals surface area contributed by atoms with Crippen LogP contribution >= 0.6 is 11.6 Å². The first-order valence-corrected chi connectivity index (χ1v) is 6.83. The lowest BCUT2D eigenvalue weighted by molar-refractivity contribution is 0.699. The van der Waals surface area contributed by atoms with Crippen LogP contribution in [0.3, 0.4) is 0 Å². The van der Waals surface area contributed by atoms with E-state index in [0.717, 1.165) is 48.5 Å². The van der Waals surface area contributed by atoms with Crippen LogP contribution in [0.25, 0.3) is 10.9 Å². The van der Waals surface area contributed by atoms with Gasteiger partial charge in [-0.1, -0.05) is 24.6 Å². The van der Waals surface area contributed by atoms with Crippen LogP contribution in [0.4, 0.5) is 5.95 Å². The van der Waals surface area contributed by atoms with E-state index in [9.17, 15) is 0 Å². The number of aromatic nitrogens is 2. The average molecular weight is 264 g/mol. The molecule has 0 unspecified atom stereocenters. The third-order valence-electron chi connectivity index (χ3n) is 2.94. The third kappa shape index (κ3) is 3.33. The number of hydrogen-bond donors (Lipinski definition) is 0. The molecule has 4 heteroatoms. The lowest BCUT2D eigenvalue weighted by Gasteiger charge is -2.16. The summed E-state index contributed by atoms with van der Waals surface area (Å²) in [5.41, 5.74) is 0.995. The van der Waals surface area contributed by atoms with Crippen molar-refractivity contribution in [2.75, 3.05) is 24.4 Å². The highest BCUT2D eigenvalue weighted by atomic mass is 35.5. The fraction of sp³-hybridized carbons (Fsp3) is 0.429. The van der Waals surface area contributed by atoms with Gasteiger partial charge in [-0.25, -0.2) is 9.97 Å². The number of hydrogen-bond acceptors (Lipinski definition) is 3. The van der Waals surface area contributed by atoms with Gasteiger partial charge in [-0.2, -0.15) is 0 Å². The highest BCUT2D eigenvalue weighted by Gasteiger charge is 2.04. The zero-order chi connectivity index (χ0) is 12.8. The zero-order valence-corrected chi connectivity index (χ0v) is 11.4. The van der Waals surface area contributed by atoms with Gasteiger partial charge in [0, 0.05) is 31.1 Å². The molecule has 2 aromatic rings. The largest absolute Gasteiger partial charge is 0.344 e. The molecule has 0 amide bonds. The molecule has 0 N–H and O–H groups in total. The van der Waals surface area contributed by atoms with E-state index in [1.165, 1.54) is 0 Å². The van der Waals surface area contributed by atoms with E-state index in [4.69, 9.17) is 11.6 Å². The van der Waals surface area contributed by atoms with E-state index in [2.05, 4.69) is 14.9 Å². The highest BCUT2D eigenvalue weighted by molar-refractivity contribution is 6.17. The van der Waals surface area contributed by atoms with Crippen LogP contribution in [-0.4, -0.2) is 29.4 Å². The van der Waals surface area contributed by atoms with Gasteiger partial charge >= 0.3 is 0 Å². The summed E-state index contributed by atoms with van der Waals surface area (Å²) in [6.07, 6.45) is 5.24. The Labute approximate surface area is 113 Å². The van der Waals surface area contributed by atoms with E-state index in [0.29, 0.717) is 0 Å². The van der Waals surface area contributed by atoms with E-state index in [1.807, 2.05) is 37.5 Å².